The first-order valence-electron chi connectivity index (χ1n) is 12.7. The fourth-order valence-electron chi connectivity index (χ4n) is 4.35. The number of nitrogens with one attached hydrogen (secondary N) is 2. The van der Waals surface area contributed by atoms with Crippen molar-refractivity contribution in [2.75, 3.05) is 40.8 Å². The Bertz CT molecular complexity index is 1420. The van der Waals surface area contributed by atoms with Gasteiger partial charge in [-0.25, -0.2) is 0 Å². The third-order valence-corrected chi connectivity index (χ3v) is 6.43. The van der Waals surface area contributed by atoms with Gasteiger partial charge in [0.15, 0.2) is 0 Å². The molecule has 0 aliphatic carbocycles. The van der Waals surface area contributed by atoms with E-state index in [-0.39, 0.29) is 11.3 Å². The van der Waals surface area contributed by atoms with E-state index in [1.807, 2.05) is 56.6 Å². The number of aliphatic hydroxyl groups excluding tert-OH is 1. The number of rotatable bonds is 12. The highest BCUT2D eigenvalue weighted by Crippen LogP contribution is 2.29. The van der Waals surface area contributed by atoms with E-state index in [0.29, 0.717) is 29.6 Å². The SMILES string of the molecule is COc1ccc(Oc2ccc(CCNC[C@H](O)c3ccc(O)c4[nH]c(=O)ccc34)cc2)cc1CCN(C)C. The number of H-pyrrole nitrogens is 1. The van der Waals surface area contributed by atoms with E-state index in [4.69, 9.17) is 9.47 Å². The molecule has 0 aliphatic rings. The van der Waals surface area contributed by atoms with E-state index in [0.717, 1.165) is 47.8 Å². The van der Waals surface area contributed by atoms with Crippen LogP contribution in [-0.4, -0.2) is 60.9 Å². The Morgan fingerprint density at radius 2 is 1.74 bits per heavy atom. The fourth-order valence-corrected chi connectivity index (χ4v) is 4.35. The number of methoxy groups -OCH3 is 1. The van der Waals surface area contributed by atoms with Crippen LogP contribution in [0.1, 0.15) is 22.8 Å². The third kappa shape index (κ3) is 6.92. The lowest BCUT2D eigenvalue weighted by Gasteiger charge is -2.15. The van der Waals surface area contributed by atoms with Crippen molar-refractivity contribution in [1.29, 1.82) is 0 Å². The van der Waals surface area contributed by atoms with E-state index >= 15 is 0 Å². The molecule has 0 saturated carbocycles. The molecule has 0 aliphatic heterocycles. The molecule has 0 spiro atoms. The molecule has 1 aromatic heterocycles. The number of hydrogen-bond donors (Lipinski definition) is 4. The number of aromatic hydroxyl groups is 1. The number of aliphatic hydroxyl groups is 1. The minimum absolute atomic E-state index is 0.0224. The summed E-state index contributed by atoms with van der Waals surface area (Å²) >= 11 is 0. The van der Waals surface area contributed by atoms with E-state index < -0.39 is 6.10 Å². The minimum atomic E-state index is -0.785. The predicted molar refractivity (Wildman–Crippen MR) is 150 cm³/mol. The van der Waals surface area contributed by atoms with Crippen molar-refractivity contribution in [3.63, 3.8) is 0 Å². The number of nitrogens with zero attached hydrogens (tertiary/aromatic N) is 1. The van der Waals surface area contributed by atoms with Gasteiger partial charge in [-0.05, 0) is 92.6 Å². The van der Waals surface area contributed by atoms with Gasteiger partial charge in [0.2, 0.25) is 5.56 Å². The van der Waals surface area contributed by atoms with Crippen molar-refractivity contribution in [3.8, 4) is 23.0 Å². The normalized spacial score (nSPS) is 12.1. The van der Waals surface area contributed by atoms with Crippen molar-refractivity contribution >= 4 is 10.9 Å². The van der Waals surface area contributed by atoms with Crippen LogP contribution in [0.2, 0.25) is 0 Å². The highest BCUT2D eigenvalue weighted by Gasteiger charge is 2.14. The van der Waals surface area contributed by atoms with Crippen LogP contribution in [0.5, 0.6) is 23.0 Å². The maximum absolute atomic E-state index is 11.6. The van der Waals surface area contributed by atoms with Gasteiger partial charge in [-0.15, -0.1) is 0 Å². The number of phenolic OH excluding ortho intramolecular Hbond substituents is 1. The molecule has 1 heterocycles. The molecule has 8 heteroatoms. The first kappa shape index (κ1) is 27.2. The van der Waals surface area contributed by atoms with Crippen molar-refractivity contribution in [3.05, 3.63) is 93.8 Å². The molecule has 4 aromatic rings. The Morgan fingerprint density at radius 1 is 0.974 bits per heavy atom. The van der Waals surface area contributed by atoms with Gasteiger partial charge in [-0.2, -0.15) is 0 Å². The van der Waals surface area contributed by atoms with E-state index in [9.17, 15) is 15.0 Å². The summed E-state index contributed by atoms with van der Waals surface area (Å²) in [6, 6.07) is 20.0. The molecule has 3 aromatic carbocycles. The maximum Gasteiger partial charge on any atom is 0.248 e. The number of fused-ring (bicyclic) bond motifs is 1. The second kappa shape index (κ2) is 12.6. The molecule has 38 heavy (non-hydrogen) atoms. The number of aromatic amines is 1. The molecule has 4 N–H and O–H groups in total. The van der Waals surface area contributed by atoms with Gasteiger partial charge in [0.05, 0.1) is 18.7 Å². The molecule has 0 bridgehead atoms. The third-order valence-electron chi connectivity index (χ3n) is 6.43. The largest absolute Gasteiger partial charge is 0.506 e. The van der Waals surface area contributed by atoms with Crippen LogP contribution in [0.15, 0.2) is 71.5 Å². The summed E-state index contributed by atoms with van der Waals surface area (Å²) in [5, 5.41) is 24.6. The van der Waals surface area contributed by atoms with Crippen LogP contribution in [-0.2, 0) is 12.8 Å². The Morgan fingerprint density at radius 3 is 2.47 bits per heavy atom. The summed E-state index contributed by atoms with van der Waals surface area (Å²) in [6.45, 7) is 1.94. The van der Waals surface area contributed by atoms with Gasteiger partial charge in [-0.3, -0.25) is 4.79 Å². The Hall–Kier alpha value is -3.85. The quantitative estimate of drug-likeness (QED) is 0.210. The summed E-state index contributed by atoms with van der Waals surface area (Å²) in [5.74, 6) is 2.37. The smallest absolute Gasteiger partial charge is 0.248 e. The molecule has 0 radical (unpaired) electrons. The molecule has 0 amide bonds. The first-order chi connectivity index (χ1) is 18.3. The lowest BCUT2D eigenvalue weighted by atomic mass is 10.0. The fraction of sp³-hybridized carbons (Fsp3) is 0.300. The molecule has 0 fully saturated rings. The first-order valence-corrected chi connectivity index (χ1v) is 12.7. The van der Waals surface area contributed by atoms with Crippen molar-refractivity contribution < 1.29 is 19.7 Å². The van der Waals surface area contributed by atoms with E-state index in [2.05, 4.69) is 15.2 Å². The van der Waals surface area contributed by atoms with Crippen LogP contribution in [0.3, 0.4) is 0 Å². The van der Waals surface area contributed by atoms with Crippen LogP contribution in [0.25, 0.3) is 10.9 Å². The summed E-state index contributed by atoms with van der Waals surface area (Å²) in [4.78, 5) is 16.4. The number of ether oxygens (including phenoxy) is 2. The Labute approximate surface area is 222 Å². The zero-order valence-corrected chi connectivity index (χ0v) is 22.0. The second-order valence-electron chi connectivity index (χ2n) is 9.53. The lowest BCUT2D eigenvalue weighted by molar-refractivity contribution is 0.176. The average Bonchev–Trinajstić information content (AvgIpc) is 2.91. The molecule has 4 rings (SSSR count). The van der Waals surface area contributed by atoms with Crippen molar-refractivity contribution in [1.82, 2.24) is 15.2 Å². The van der Waals surface area contributed by atoms with Gasteiger partial charge in [0.25, 0.3) is 0 Å². The number of likely N-dealkylation sites (N-methyl/N-ethyl adjacent to an activating group) is 1. The predicted octanol–water partition coefficient (Wildman–Crippen LogP) is 4.00. The van der Waals surface area contributed by atoms with Crippen LogP contribution >= 0.6 is 0 Å². The highest BCUT2D eigenvalue weighted by atomic mass is 16.5. The van der Waals surface area contributed by atoms with Crippen molar-refractivity contribution in [2.45, 2.75) is 18.9 Å². The number of pyridine rings is 1. The van der Waals surface area contributed by atoms with Gasteiger partial charge in [0.1, 0.15) is 23.0 Å². The van der Waals surface area contributed by atoms with Crippen LogP contribution in [0.4, 0.5) is 0 Å². The van der Waals surface area contributed by atoms with Crippen LogP contribution < -0.4 is 20.3 Å². The van der Waals surface area contributed by atoms with Gasteiger partial charge in [0, 0.05) is 24.5 Å². The van der Waals surface area contributed by atoms with Gasteiger partial charge < -0.3 is 34.9 Å². The maximum atomic E-state index is 11.6. The minimum Gasteiger partial charge on any atom is -0.506 e. The molecular weight excluding hydrogens is 482 g/mol. The van der Waals surface area contributed by atoms with Gasteiger partial charge >= 0.3 is 0 Å². The Balaban J connectivity index is 1.29. The van der Waals surface area contributed by atoms with E-state index in [1.54, 1.807) is 19.2 Å². The molecule has 1 atom stereocenters. The molecular formula is C30H35N3O5. The summed E-state index contributed by atoms with van der Waals surface area (Å²) in [6.07, 6.45) is 0.872. The topological polar surface area (TPSA) is 107 Å². The van der Waals surface area contributed by atoms with E-state index in [1.165, 1.54) is 12.1 Å². The van der Waals surface area contributed by atoms with Crippen LogP contribution in [0, 0.1) is 0 Å². The zero-order valence-electron chi connectivity index (χ0n) is 22.0. The van der Waals surface area contributed by atoms with Crippen molar-refractivity contribution in [2.24, 2.45) is 0 Å². The molecule has 200 valence electrons. The molecule has 0 saturated heterocycles. The second-order valence-corrected chi connectivity index (χ2v) is 9.53. The van der Waals surface area contributed by atoms with Gasteiger partial charge in [-0.1, -0.05) is 18.2 Å². The zero-order chi connectivity index (χ0) is 27.1. The summed E-state index contributed by atoms with van der Waals surface area (Å²) in [7, 11) is 5.78. The average molecular weight is 518 g/mol. The Kier molecular flexibility index (Phi) is 9.02. The lowest BCUT2D eigenvalue weighted by Crippen LogP contribution is -2.24. The summed E-state index contributed by atoms with van der Waals surface area (Å²) < 4.78 is 11.6. The monoisotopic (exact) mass is 517 g/mol. The standard InChI is InChI=1S/C30H35N3O5/c1-33(2)17-15-21-18-23(8-12-28(21)37-3)38-22-6-4-20(5-7-22)14-16-31-19-27(35)24-9-11-26(34)30-25(24)10-13-29(36)32-30/h4-13,18,27,31,34-35H,14-17,19H2,1-3H3,(H,32,36)/t27-/m0/s1. The highest BCUT2D eigenvalue weighted by molar-refractivity contribution is 5.87. The number of hydrogen-bond acceptors (Lipinski definition) is 7. The number of benzene rings is 3. The molecule has 8 nitrogen and oxygen atoms in total. The summed E-state index contributed by atoms with van der Waals surface area (Å²) in [5.41, 5.74) is 2.93. The number of phenols is 1. The molecule has 0 unspecified atom stereocenters. The number of aromatic nitrogens is 1.